The average Bonchev–Trinajstić information content (AvgIpc) is 2.48. The minimum atomic E-state index is -3.38. The van der Waals surface area contributed by atoms with Crippen LogP contribution in [0.2, 0.25) is 0 Å². The number of likely N-dealkylation sites (N-methyl/N-ethyl adjacent to an activating group) is 1. The van der Waals surface area contributed by atoms with E-state index in [1.807, 2.05) is 18.2 Å². The second kappa shape index (κ2) is 6.69. The van der Waals surface area contributed by atoms with E-state index in [0.29, 0.717) is 24.2 Å². The highest BCUT2D eigenvalue weighted by Gasteiger charge is 2.19. The number of hydrogen-bond acceptors (Lipinski definition) is 4. The molecular weight excluding hydrogens is 286 g/mol. The standard InChI is InChI=1S/C15H19N3O2S/c1-18(11-9-14-7-4-5-10-17-14)21(19,20)12-13-6-2-3-8-15(13)16/h2-8,10H,9,11-12,16H2,1H3. The van der Waals surface area contributed by atoms with Crippen molar-refractivity contribution in [3.63, 3.8) is 0 Å². The molecule has 21 heavy (non-hydrogen) atoms. The highest BCUT2D eigenvalue weighted by atomic mass is 32.2. The Morgan fingerprint density at radius 1 is 1.14 bits per heavy atom. The van der Waals surface area contributed by atoms with Gasteiger partial charge in [0.1, 0.15) is 0 Å². The molecule has 0 aliphatic rings. The molecule has 0 fully saturated rings. The number of nitrogen functional groups attached to an aromatic ring is 1. The molecule has 2 N–H and O–H groups in total. The Kier molecular flexibility index (Phi) is 4.93. The van der Waals surface area contributed by atoms with Crippen molar-refractivity contribution in [3.8, 4) is 0 Å². The molecule has 0 amide bonds. The van der Waals surface area contributed by atoms with Crippen LogP contribution in [-0.2, 0) is 22.2 Å². The lowest BCUT2D eigenvalue weighted by Crippen LogP contribution is -2.30. The molecule has 0 saturated heterocycles. The second-order valence-corrected chi connectivity index (χ2v) is 6.92. The van der Waals surface area contributed by atoms with Crippen molar-refractivity contribution < 1.29 is 8.42 Å². The zero-order valence-electron chi connectivity index (χ0n) is 11.9. The van der Waals surface area contributed by atoms with Gasteiger partial charge in [0.2, 0.25) is 10.0 Å². The van der Waals surface area contributed by atoms with E-state index in [4.69, 9.17) is 5.73 Å². The van der Waals surface area contributed by atoms with E-state index < -0.39 is 10.0 Å². The Morgan fingerprint density at radius 2 is 1.86 bits per heavy atom. The van der Waals surface area contributed by atoms with Crippen LogP contribution in [-0.4, -0.2) is 31.3 Å². The predicted octanol–water partition coefficient (Wildman–Crippen LogP) is 1.67. The Labute approximate surface area is 125 Å². The van der Waals surface area contributed by atoms with Gasteiger partial charge < -0.3 is 5.73 Å². The zero-order chi connectivity index (χ0) is 15.3. The Morgan fingerprint density at radius 3 is 2.52 bits per heavy atom. The van der Waals surface area contributed by atoms with Crippen LogP contribution in [0.3, 0.4) is 0 Å². The molecule has 1 aromatic carbocycles. The van der Waals surface area contributed by atoms with Crippen molar-refractivity contribution in [2.75, 3.05) is 19.3 Å². The largest absolute Gasteiger partial charge is 0.398 e. The number of para-hydroxylation sites is 1. The van der Waals surface area contributed by atoms with E-state index in [-0.39, 0.29) is 5.75 Å². The number of aromatic nitrogens is 1. The Hall–Kier alpha value is -1.92. The van der Waals surface area contributed by atoms with Crippen molar-refractivity contribution >= 4 is 15.7 Å². The maximum atomic E-state index is 12.3. The Balaban J connectivity index is 2.00. The second-order valence-electron chi connectivity index (χ2n) is 4.85. The summed E-state index contributed by atoms with van der Waals surface area (Å²) >= 11 is 0. The summed E-state index contributed by atoms with van der Waals surface area (Å²) in [6, 6.07) is 12.6. The van der Waals surface area contributed by atoms with Crippen LogP contribution < -0.4 is 5.73 Å². The quantitative estimate of drug-likeness (QED) is 0.824. The molecule has 0 aliphatic carbocycles. The van der Waals surface area contributed by atoms with Gasteiger partial charge in [-0.15, -0.1) is 0 Å². The van der Waals surface area contributed by atoms with Crippen LogP contribution >= 0.6 is 0 Å². The number of nitrogens with two attached hydrogens (primary N) is 1. The molecule has 0 radical (unpaired) electrons. The fourth-order valence-electron chi connectivity index (χ4n) is 1.93. The van der Waals surface area contributed by atoms with Gasteiger partial charge in [-0.25, -0.2) is 12.7 Å². The van der Waals surface area contributed by atoms with Gasteiger partial charge in [0, 0.05) is 37.6 Å². The first-order chi connectivity index (χ1) is 9.99. The van der Waals surface area contributed by atoms with E-state index >= 15 is 0 Å². The fourth-order valence-corrected chi connectivity index (χ4v) is 3.18. The molecule has 0 unspecified atom stereocenters. The van der Waals surface area contributed by atoms with E-state index in [9.17, 15) is 8.42 Å². The van der Waals surface area contributed by atoms with Crippen LogP contribution in [0.15, 0.2) is 48.7 Å². The number of hydrogen-bond donors (Lipinski definition) is 1. The monoisotopic (exact) mass is 305 g/mol. The van der Waals surface area contributed by atoms with Crippen LogP contribution in [0.1, 0.15) is 11.3 Å². The van der Waals surface area contributed by atoms with Crippen LogP contribution in [0, 0.1) is 0 Å². The summed E-state index contributed by atoms with van der Waals surface area (Å²) in [7, 11) is -1.80. The number of benzene rings is 1. The Bertz CT molecular complexity index is 687. The molecule has 0 spiro atoms. The van der Waals surface area contributed by atoms with Gasteiger partial charge >= 0.3 is 0 Å². The van der Waals surface area contributed by atoms with Gasteiger partial charge in [0.15, 0.2) is 0 Å². The molecule has 2 rings (SSSR count). The molecule has 0 atom stereocenters. The normalized spacial score (nSPS) is 11.7. The topological polar surface area (TPSA) is 76.3 Å². The fraction of sp³-hybridized carbons (Fsp3) is 0.267. The molecule has 0 bridgehead atoms. The highest BCUT2D eigenvalue weighted by molar-refractivity contribution is 7.88. The van der Waals surface area contributed by atoms with E-state index in [2.05, 4.69) is 4.98 Å². The van der Waals surface area contributed by atoms with Crippen LogP contribution in [0.4, 0.5) is 5.69 Å². The van der Waals surface area contributed by atoms with Crippen molar-refractivity contribution in [1.82, 2.24) is 9.29 Å². The highest BCUT2D eigenvalue weighted by Crippen LogP contribution is 2.16. The lowest BCUT2D eigenvalue weighted by atomic mass is 10.2. The van der Waals surface area contributed by atoms with Gasteiger partial charge in [0.25, 0.3) is 0 Å². The number of pyridine rings is 1. The van der Waals surface area contributed by atoms with Crippen LogP contribution in [0.5, 0.6) is 0 Å². The lowest BCUT2D eigenvalue weighted by Gasteiger charge is -2.17. The first-order valence-electron chi connectivity index (χ1n) is 6.66. The molecular formula is C15H19N3O2S. The number of anilines is 1. The van der Waals surface area contributed by atoms with Crippen molar-refractivity contribution in [2.24, 2.45) is 0 Å². The summed E-state index contributed by atoms with van der Waals surface area (Å²) in [6.45, 7) is 0.395. The average molecular weight is 305 g/mol. The summed E-state index contributed by atoms with van der Waals surface area (Å²) in [6.07, 6.45) is 2.29. The first kappa shape index (κ1) is 15.5. The molecule has 1 aromatic heterocycles. The molecule has 112 valence electrons. The maximum Gasteiger partial charge on any atom is 0.218 e. The molecule has 0 saturated carbocycles. The zero-order valence-corrected chi connectivity index (χ0v) is 12.8. The third-order valence-corrected chi connectivity index (χ3v) is 5.08. The number of rotatable bonds is 6. The van der Waals surface area contributed by atoms with E-state index in [0.717, 1.165) is 5.69 Å². The lowest BCUT2D eigenvalue weighted by molar-refractivity contribution is 0.470. The van der Waals surface area contributed by atoms with Crippen molar-refractivity contribution in [2.45, 2.75) is 12.2 Å². The number of nitrogens with zero attached hydrogens (tertiary/aromatic N) is 2. The molecule has 5 nitrogen and oxygen atoms in total. The summed E-state index contributed by atoms with van der Waals surface area (Å²) < 4.78 is 26.0. The predicted molar refractivity (Wildman–Crippen MR) is 84.0 cm³/mol. The summed E-state index contributed by atoms with van der Waals surface area (Å²) in [5.41, 5.74) is 7.80. The van der Waals surface area contributed by atoms with E-state index in [1.165, 1.54) is 4.31 Å². The molecule has 0 aliphatic heterocycles. The third-order valence-electron chi connectivity index (χ3n) is 3.28. The van der Waals surface area contributed by atoms with Gasteiger partial charge in [-0.1, -0.05) is 24.3 Å². The van der Waals surface area contributed by atoms with Gasteiger partial charge in [-0.05, 0) is 23.8 Å². The van der Waals surface area contributed by atoms with Crippen molar-refractivity contribution in [3.05, 3.63) is 59.9 Å². The molecule has 1 heterocycles. The molecule has 6 heteroatoms. The summed E-state index contributed by atoms with van der Waals surface area (Å²) in [5.74, 6) is -0.0849. The minimum absolute atomic E-state index is 0.0849. The van der Waals surface area contributed by atoms with Crippen molar-refractivity contribution in [1.29, 1.82) is 0 Å². The summed E-state index contributed by atoms with van der Waals surface area (Å²) in [5, 5.41) is 0. The summed E-state index contributed by atoms with van der Waals surface area (Å²) in [4.78, 5) is 4.19. The van der Waals surface area contributed by atoms with Gasteiger partial charge in [-0.3, -0.25) is 4.98 Å². The van der Waals surface area contributed by atoms with E-state index in [1.54, 1.807) is 37.5 Å². The van der Waals surface area contributed by atoms with Gasteiger partial charge in [-0.2, -0.15) is 0 Å². The van der Waals surface area contributed by atoms with Gasteiger partial charge in [0.05, 0.1) is 5.75 Å². The molecule has 2 aromatic rings. The minimum Gasteiger partial charge on any atom is -0.398 e. The maximum absolute atomic E-state index is 12.3. The van der Waals surface area contributed by atoms with Crippen LogP contribution in [0.25, 0.3) is 0 Å². The first-order valence-corrected chi connectivity index (χ1v) is 8.27. The number of sulfonamides is 1. The smallest absolute Gasteiger partial charge is 0.218 e. The SMILES string of the molecule is CN(CCc1ccccn1)S(=O)(=O)Cc1ccccc1N. The third kappa shape index (κ3) is 4.27.